The third-order valence-electron chi connectivity index (χ3n) is 3.59. The van der Waals surface area contributed by atoms with Gasteiger partial charge >= 0.3 is 0 Å². The topological polar surface area (TPSA) is 84.0 Å². The van der Waals surface area contributed by atoms with Crippen molar-refractivity contribution in [3.05, 3.63) is 29.8 Å². The smallest absolute Gasteiger partial charge is 0.273 e. The van der Waals surface area contributed by atoms with E-state index in [4.69, 9.17) is 4.74 Å². The Kier molecular flexibility index (Phi) is 5.38. The number of carbonyl (C=O) groups is 2. The lowest BCUT2D eigenvalue weighted by Crippen LogP contribution is -2.45. The highest BCUT2D eigenvalue weighted by Gasteiger charge is 2.32. The zero-order valence-corrected chi connectivity index (χ0v) is 14.0. The van der Waals surface area contributed by atoms with E-state index < -0.39 is 15.7 Å². The molecule has 2 amide bonds. The molecule has 1 aromatic rings. The molecule has 0 N–H and O–H groups in total. The summed E-state index contributed by atoms with van der Waals surface area (Å²) in [7, 11) is -2.03. The van der Waals surface area contributed by atoms with Gasteiger partial charge in [0.05, 0.1) is 23.5 Å². The van der Waals surface area contributed by atoms with Crippen LogP contribution < -0.4 is 0 Å². The molecule has 0 radical (unpaired) electrons. The average molecular weight is 340 g/mol. The summed E-state index contributed by atoms with van der Waals surface area (Å²) in [4.78, 5) is 24.9. The second kappa shape index (κ2) is 7.10. The van der Waals surface area contributed by atoms with E-state index >= 15 is 0 Å². The quantitative estimate of drug-likeness (QED) is 0.788. The maximum Gasteiger partial charge on any atom is 0.273 e. The minimum absolute atomic E-state index is 0.0267. The molecule has 8 heteroatoms. The number of carbonyl (C=O) groups excluding carboxylic acids is 2. The number of hydrogen-bond acceptors (Lipinski definition) is 5. The Morgan fingerprint density at radius 2 is 1.83 bits per heavy atom. The number of hydrazine groups is 1. The van der Waals surface area contributed by atoms with Crippen LogP contribution in [0.25, 0.3) is 0 Å². The van der Waals surface area contributed by atoms with Gasteiger partial charge in [-0.05, 0) is 18.6 Å². The Morgan fingerprint density at radius 1 is 1.17 bits per heavy atom. The van der Waals surface area contributed by atoms with Gasteiger partial charge in [-0.1, -0.05) is 12.1 Å². The van der Waals surface area contributed by atoms with E-state index in [1.807, 2.05) is 0 Å². The van der Waals surface area contributed by atoms with E-state index in [1.165, 1.54) is 29.3 Å². The summed E-state index contributed by atoms with van der Waals surface area (Å²) < 4.78 is 28.6. The number of sulfone groups is 1. The molecule has 0 atom stereocenters. The van der Waals surface area contributed by atoms with Crippen molar-refractivity contribution in [1.82, 2.24) is 10.0 Å². The lowest BCUT2D eigenvalue weighted by Gasteiger charge is -2.28. The van der Waals surface area contributed by atoms with E-state index in [2.05, 4.69) is 0 Å². The first-order chi connectivity index (χ1) is 10.9. The Bertz CT molecular complexity index is 702. The third-order valence-corrected chi connectivity index (χ3v) is 4.75. The summed E-state index contributed by atoms with van der Waals surface area (Å²) in [5.74, 6) is -0.691. The van der Waals surface area contributed by atoms with Gasteiger partial charge in [-0.2, -0.15) is 0 Å². The Balaban J connectivity index is 2.28. The van der Waals surface area contributed by atoms with Crippen molar-refractivity contribution in [3.63, 3.8) is 0 Å². The predicted octanol–water partition coefficient (Wildman–Crippen LogP) is 0.716. The van der Waals surface area contributed by atoms with Crippen molar-refractivity contribution in [2.24, 2.45) is 0 Å². The van der Waals surface area contributed by atoms with E-state index in [1.54, 1.807) is 12.1 Å². The van der Waals surface area contributed by atoms with E-state index in [9.17, 15) is 18.0 Å². The molecular formula is C15H20N2O5S. The summed E-state index contributed by atoms with van der Waals surface area (Å²) in [5, 5.41) is 2.70. The fourth-order valence-corrected chi connectivity index (χ4v) is 3.39. The minimum Gasteiger partial charge on any atom is -0.384 e. The van der Waals surface area contributed by atoms with Gasteiger partial charge in [0.25, 0.3) is 5.91 Å². The number of benzene rings is 1. The van der Waals surface area contributed by atoms with Crippen LogP contribution in [0.2, 0.25) is 0 Å². The molecule has 0 aromatic heterocycles. The van der Waals surface area contributed by atoms with Crippen LogP contribution in [0.15, 0.2) is 29.2 Å². The maximum atomic E-state index is 12.7. The van der Waals surface area contributed by atoms with Gasteiger partial charge in [0.15, 0.2) is 9.84 Å². The molecule has 1 heterocycles. The van der Waals surface area contributed by atoms with Crippen LogP contribution in [0.1, 0.15) is 23.2 Å². The minimum atomic E-state index is -3.53. The third kappa shape index (κ3) is 3.89. The molecule has 0 aliphatic carbocycles. The summed E-state index contributed by atoms with van der Waals surface area (Å²) in [5.41, 5.74) is 0.0847. The maximum absolute atomic E-state index is 12.7. The molecular weight excluding hydrogens is 320 g/mol. The fourth-order valence-electron chi connectivity index (χ4n) is 2.51. The van der Waals surface area contributed by atoms with Crippen molar-refractivity contribution in [2.75, 3.05) is 33.1 Å². The second-order valence-corrected chi connectivity index (χ2v) is 7.29. The molecule has 1 aromatic carbocycles. The van der Waals surface area contributed by atoms with E-state index in [0.29, 0.717) is 19.5 Å². The van der Waals surface area contributed by atoms with Crippen molar-refractivity contribution in [2.45, 2.75) is 17.7 Å². The van der Waals surface area contributed by atoms with E-state index in [0.717, 1.165) is 6.26 Å². The molecule has 1 aliphatic rings. The highest BCUT2D eigenvalue weighted by Crippen LogP contribution is 2.21. The standard InChI is InChI=1S/C15H20N2O5S/c1-22-11-8-14(18)16-9-5-10-17(16)15(19)12-6-3-4-7-13(12)23(2,20)21/h3-4,6-7H,5,8-11H2,1-2H3. The van der Waals surface area contributed by atoms with Crippen LogP contribution in [0.4, 0.5) is 0 Å². The molecule has 2 rings (SSSR count). The van der Waals surface area contributed by atoms with Crippen LogP contribution in [0.3, 0.4) is 0 Å². The van der Waals surface area contributed by atoms with Crippen LogP contribution in [-0.2, 0) is 19.4 Å². The molecule has 126 valence electrons. The van der Waals surface area contributed by atoms with Crippen LogP contribution in [0, 0.1) is 0 Å². The Morgan fingerprint density at radius 3 is 2.48 bits per heavy atom. The van der Waals surface area contributed by atoms with Crippen LogP contribution in [0.5, 0.6) is 0 Å². The number of ether oxygens (including phenoxy) is 1. The number of amides is 2. The molecule has 1 aliphatic heterocycles. The first-order valence-electron chi connectivity index (χ1n) is 7.26. The average Bonchev–Trinajstić information content (AvgIpc) is 3.00. The van der Waals surface area contributed by atoms with Gasteiger partial charge in [0.1, 0.15) is 0 Å². The van der Waals surface area contributed by atoms with Gasteiger partial charge in [-0.15, -0.1) is 0 Å². The number of hydrogen-bond donors (Lipinski definition) is 0. The number of rotatable bonds is 5. The van der Waals surface area contributed by atoms with Gasteiger partial charge in [-0.3, -0.25) is 14.6 Å². The molecule has 0 bridgehead atoms. The first-order valence-corrected chi connectivity index (χ1v) is 9.15. The second-order valence-electron chi connectivity index (χ2n) is 5.31. The van der Waals surface area contributed by atoms with Crippen molar-refractivity contribution in [3.8, 4) is 0 Å². The fraction of sp³-hybridized carbons (Fsp3) is 0.467. The van der Waals surface area contributed by atoms with Crippen molar-refractivity contribution < 1.29 is 22.7 Å². The molecule has 0 unspecified atom stereocenters. The van der Waals surface area contributed by atoms with Gasteiger partial charge in [-0.25, -0.2) is 13.4 Å². The molecule has 23 heavy (non-hydrogen) atoms. The first kappa shape index (κ1) is 17.4. The lowest BCUT2D eigenvalue weighted by molar-refractivity contribution is -0.141. The summed E-state index contributed by atoms with van der Waals surface area (Å²) in [6.45, 7) is 1.10. The van der Waals surface area contributed by atoms with Crippen molar-refractivity contribution >= 4 is 21.7 Å². The van der Waals surface area contributed by atoms with Crippen LogP contribution >= 0.6 is 0 Å². The molecule has 7 nitrogen and oxygen atoms in total. The highest BCUT2D eigenvalue weighted by molar-refractivity contribution is 7.90. The van der Waals surface area contributed by atoms with Crippen molar-refractivity contribution in [1.29, 1.82) is 0 Å². The number of nitrogens with zero attached hydrogens (tertiary/aromatic N) is 2. The largest absolute Gasteiger partial charge is 0.384 e. The van der Waals surface area contributed by atoms with E-state index in [-0.39, 0.29) is 29.4 Å². The summed E-state index contributed by atoms with van der Waals surface area (Å²) in [6.07, 6.45) is 1.89. The van der Waals surface area contributed by atoms with Gasteiger partial charge < -0.3 is 4.74 Å². The Hall–Kier alpha value is -1.93. The molecule has 1 saturated heterocycles. The Labute approximate surface area is 135 Å². The predicted molar refractivity (Wildman–Crippen MR) is 83.4 cm³/mol. The van der Waals surface area contributed by atoms with Gasteiger partial charge in [0.2, 0.25) is 5.91 Å². The summed E-state index contributed by atoms with van der Waals surface area (Å²) >= 11 is 0. The molecule has 0 saturated carbocycles. The molecule has 1 fully saturated rings. The molecule has 0 spiro atoms. The zero-order valence-electron chi connectivity index (χ0n) is 13.2. The highest BCUT2D eigenvalue weighted by atomic mass is 32.2. The normalized spacial score (nSPS) is 15.0. The van der Waals surface area contributed by atoms with Crippen LogP contribution in [-0.4, -0.2) is 63.3 Å². The summed E-state index contributed by atoms with van der Waals surface area (Å²) in [6, 6.07) is 6.04. The zero-order chi connectivity index (χ0) is 17.0. The van der Waals surface area contributed by atoms with Gasteiger partial charge in [0, 0.05) is 26.5 Å². The number of methoxy groups -OCH3 is 1. The SMILES string of the molecule is COCCC(=O)N1CCCN1C(=O)c1ccccc1S(C)(=O)=O. The monoisotopic (exact) mass is 340 g/mol. The lowest BCUT2D eigenvalue weighted by atomic mass is 10.2.